The smallest absolute Gasteiger partial charge is 0.195 e. The second kappa shape index (κ2) is 9.74. The minimum atomic E-state index is 0.0760. The lowest BCUT2D eigenvalue weighted by Crippen LogP contribution is -1.96. The van der Waals surface area contributed by atoms with Crippen LogP contribution in [0.2, 0.25) is 0 Å². The van der Waals surface area contributed by atoms with E-state index < -0.39 is 0 Å². The van der Waals surface area contributed by atoms with Crippen molar-refractivity contribution in [2.45, 2.75) is 26.8 Å². The lowest BCUT2D eigenvalue weighted by molar-refractivity contribution is 0.319. The Hall–Kier alpha value is -3.52. The Morgan fingerprint density at radius 3 is 2.72 bits per heavy atom. The quantitative estimate of drug-likeness (QED) is 0.313. The van der Waals surface area contributed by atoms with Crippen molar-refractivity contribution in [3.05, 3.63) is 59.9 Å². The van der Waals surface area contributed by atoms with Crippen molar-refractivity contribution in [3.8, 4) is 27.7 Å². The predicted octanol–water partition coefficient (Wildman–Crippen LogP) is 6.45. The zero-order valence-corrected chi connectivity index (χ0v) is 19.0. The van der Waals surface area contributed by atoms with Gasteiger partial charge in [-0.1, -0.05) is 25.1 Å². The van der Waals surface area contributed by atoms with Gasteiger partial charge in [-0.3, -0.25) is 0 Å². The number of nitrogens with zero attached hydrogens (tertiary/aromatic N) is 4. The molecule has 1 N–H and O–H groups in total. The van der Waals surface area contributed by atoms with E-state index in [0.29, 0.717) is 24.7 Å². The summed E-state index contributed by atoms with van der Waals surface area (Å²) < 4.78 is 11.9. The van der Waals surface area contributed by atoms with Crippen LogP contribution in [0.4, 0.5) is 5.82 Å². The highest BCUT2D eigenvalue weighted by molar-refractivity contribution is 7.23. The molecule has 0 bridgehead atoms. The molecule has 0 atom stereocenters. The molecule has 0 aliphatic carbocycles. The van der Waals surface area contributed by atoms with E-state index in [1.165, 1.54) is 13.4 Å². The van der Waals surface area contributed by atoms with Gasteiger partial charge in [-0.2, -0.15) is 5.11 Å². The average Bonchev–Trinajstić information content (AvgIpc) is 3.15. The monoisotopic (exact) mass is 448 g/mol. The number of rotatable bonds is 8. The minimum absolute atomic E-state index is 0.0760. The highest BCUT2D eigenvalue weighted by Crippen LogP contribution is 2.43. The molecule has 4 aromatic rings. The number of phenols is 1. The van der Waals surface area contributed by atoms with Crippen LogP contribution in [0.25, 0.3) is 20.7 Å². The Balaban J connectivity index is 1.65. The van der Waals surface area contributed by atoms with Gasteiger partial charge in [0.25, 0.3) is 0 Å². The number of phenolic OH excluding ortho intramolecular Hbond substituents is 1. The first kappa shape index (κ1) is 21.7. The summed E-state index contributed by atoms with van der Waals surface area (Å²) >= 11 is 1.59. The Morgan fingerprint density at radius 1 is 1.09 bits per heavy atom. The van der Waals surface area contributed by atoms with Gasteiger partial charge in [0.1, 0.15) is 16.8 Å². The summed E-state index contributed by atoms with van der Waals surface area (Å²) in [5, 5.41) is 18.6. The number of ether oxygens (including phenoxy) is 2. The van der Waals surface area contributed by atoms with E-state index in [1.54, 1.807) is 23.5 Å². The maximum atomic E-state index is 9.94. The van der Waals surface area contributed by atoms with Gasteiger partial charge in [0.15, 0.2) is 17.3 Å². The SMILES string of the molecule is CCCOc1ccccc1-c1sc2c(N=NCc3ccc(OC)c(O)c3)ncnc2c1C. The van der Waals surface area contributed by atoms with Crippen LogP contribution in [0.5, 0.6) is 17.2 Å². The average molecular weight is 449 g/mol. The summed E-state index contributed by atoms with van der Waals surface area (Å²) in [5.74, 6) is 1.89. The largest absolute Gasteiger partial charge is 0.504 e. The number of benzene rings is 2. The Morgan fingerprint density at radius 2 is 1.94 bits per heavy atom. The van der Waals surface area contributed by atoms with Crippen LogP contribution >= 0.6 is 11.3 Å². The fourth-order valence-corrected chi connectivity index (χ4v) is 4.57. The van der Waals surface area contributed by atoms with E-state index in [-0.39, 0.29) is 5.75 Å². The number of aryl methyl sites for hydroxylation is 1. The first-order valence-electron chi connectivity index (χ1n) is 10.3. The molecule has 8 heteroatoms. The number of hydrogen-bond acceptors (Lipinski definition) is 8. The van der Waals surface area contributed by atoms with Gasteiger partial charge in [0.05, 0.1) is 25.8 Å². The summed E-state index contributed by atoms with van der Waals surface area (Å²) in [4.78, 5) is 9.91. The molecule has 2 aromatic heterocycles. The number of para-hydroxylation sites is 1. The molecule has 0 radical (unpaired) electrons. The highest BCUT2D eigenvalue weighted by atomic mass is 32.1. The Bertz CT molecular complexity index is 1270. The van der Waals surface area contributed by atoms with Crippen molar-refractivity contribution in [2.24, 2.45) is 10.2 Å². The number of azo groups is 1. The molecule has 0 aliphatic rings. The number of aromatic nitrogens is 2. The topological polar surface area (TPSA) is 89.2 Å². The number of aromatic hydroxyl groups is 1. The van der Waals surface area contributed by atoms with Gasteiger partial charge in [-0.15, -0.1) is 16.5 Å². The van der Waals surface area contributed by atoms with Crippen molar-refractivity contribution in [2.75, 3.05) is 13.7 Å². The maximum absolute atomic E-state index is 9.94. The third kappa shape index (κ3) is 4.40. The van der Waals surface area contributed by atoms with Crippen LogP contribution in [-0.4, -0.2) is 28.8 Å². The van der Waals surface area contributed by atoms with Crippen molar-refractivity contribution in [1.29, 1.82) is 0 Å². The van der Waals surface area contributed by atoms with Crippen molar-refractivity contribution in [1.82, 2.24) is 9.97 Å². The van der Waals surface area contributed by atoms with Crippen molar-refractivity contribution >= 4 is 27.4 Å². The zero-order valence-electron chi connectivity index (χ0n) is 18.2. The summed E-state index contributed by atoms with van der Waals surface area (Å²) in [6, 6.07) is 13.2. The van der Waals surface area contributed by atoms with E-state index in [2.05, 4.69) is 40.1 Å². The molecule has 2 heterocycles. The lowest BCUT2D eigenvalue weighted by Gasteiger charge is -2.10. The number of fused-ring (bicyclic) bond motifs is 1. The second-order valence-corrected chi connectivity index (χ2v) is 8.20. The van der Waals surface area contributed by atoms with Crippen LogP contribution < -0.4 is 9.47 Å². The van der Waals surface area contributed by atoms with E-state index in [1.807, 2.05) is 24.3 Å². The summed E-state index contributed by atoms with van der Waals surface area (Å²) in [5.41, 5.74) is 3.79. The first-order valence-corrected chi connectivity index (χ1v) is 11.1. The van der Waals surface area contributed by atoms with Crippen LogP contribution in [0.1, 0.15) is 24.5 Å². The van der Waals surface area contributed by atoms with E-state index in [4.69, 9.17) is 9.47 Å². The molecule has 7 nitrogen and oxygen atoms in total. The summed E-state index contributed by atoms with van der Waals surface area (Å²) in [6.07, 6.45) is 2.46. The Kier molecular flexibility index (Phi) is 6.61. The second-order valence-electron chi connectivity index (χ2n) is 7.18. The van der Waals surface area contributed by atoms with Gasteiger partial charge in [-0.05, 0) is 48.7 Å². The van der Waals surface area contributed by atoms with Gasteiger partial charge in [0.2, 0.25) is 0 Å². The molecule has 164 valence electrons. The normalized spacial score (nSPS) is 11.3. The third-order valence-electron chi connectivity index (χ3n) is 4.94. The number of methoxy groups -OCH3 is 1. The molecular weight excluding hydrogens is 424 g/mol. The molecule has 0 saturated heterocycles. The van der Waals surface area contributed by atoms with Gasteiger partial charge in [0, 0.05) is 10.4 Å². The molecular formula is C24H24N4O3S. The van der Waals surface area contributed by atoms with Crippen LogP contribution in [0.15, 0.2) is 59.0 Å². The molecule has 0 saturated carbocycles. The highest BCUT2D eigenvalue weighted by Gasteiger charge is 2.17. The molecule has 0 fully saturated rings. The fraction of sp³-hybridized carbons (Fsp3) is 0.250. The van der Waals surface area contributed by atoms with E-state index in [0.717, 1.165) is 44.0 Å². The molecule has 0 unspecified atom stereocenters. The van der Waals surface area contributed by atoms with E-state index in [9.17, 15) is 5.11 Å². The van der Waals surface area contributed by atoms with Gasteiger partial charge < -0.3 is 14.6 Å². The van der Waals surface area contributed by atoms with Crippen LogP contribution in [0, 0.1) is 6.92 Å². The summed E-state index contributed by atoms with van der Waals surface area (Å²) in [7, 11) is 1.51. The number of thiophene rings is 1. The van der Waals surface area contributed by atoms with E-state index >= 15 is 0 Å². The molecule has 4 rings (SSSR count). The predicted molar refractivity (Wildman–Crippen MR) is 126 cm³/mol. The molecule has 0 amide bonds. The molecule has 32 heavy (non-hydrogen) atoms. The fourth-order valence-electron chi connectivity index (χ4n) is 3.35. The lowest BCUT2D eigenvalue weighted by atomic mass is 10.1. The van der Waals surface area contributed by atoms with Crippen molar-refractivity contribution in [3.63, 3.8) is 0 Å². The molecule has 0 spiro atoms. The van der Waals surface area contributed by atoms with Gasteiger partial charge in [-0.25, -0.2) is 9.97 Å². The van der Waals surface area contributed by atoms with Gasteiger partial charge >= 0.3 is 0 Å². The molecule has 0 aliphatic heterocycles. The standard InChI is InChI=1S/C24H24N4O3S/c1-4-11-31-19-8-6-5-7-17(19)22-15(2)21-23(32-22)24(26-14-25-21)28-27-13-16-9-10-20(30-3)18(29)12-16/h5-10,12,14,29H,4,11,13H2,1-3H3. The van der Waals surface area contributed by atoms with Crippen LogP contribution in [0.3, 0.4) is 0 Å². The molecule has 2 aromatic carbocycles. The van der Waals surface area contributed by atoms with Crippen LogP contribution in [-0.2, 0) is 6.54 Å². The number of hydrogen-bond donors (Lipinski definition) is 1. The zero-order chi connectivity index (χ0) is 22.5. The maximum Gasteiger partial charge on any atom is 0.195 e. The minimum Gasteiger partial charge on any atom is -0.504 e. The summed E-state index contributed by atoms with van der Waals surface area (Å²) in [6.45, 7) is 5.13. The Labute approximate surface area is 190 Å². The van der Waals surface area contributed by atoms with Crippen molar-refractivity contribution < 1.29 is 14.6 Å². The third-order valence-corrected chi connectivity index (χ3v) is 6.25. The first-order chi connectivity index (χ1) is 15.6.